The summed E-state index contributed by atoms with van der Waals surface area (Å²) in [6, 6.07) is 4.19. The lowest BCUT2D eigenvalue weighted by Crippen LogP contribution is -2.13. The molecule has 2 rings (SSSR count). The molecule has 1 fully saturated rings. The quantitative estimate of drug-likeness (QED) is 0.825. The number of carbonyl (C=O) groups excluding carboxylic acids is 1. The van der Waals surface area contributed by atoms with Crippen LogP contribution in [0.1, 0.15) is 23.2 Å². The number of ketones is 1. The fourth-order valence-corrected chi connectivity index (χ4v) is 2.14. The second-order valence-electron chi connectivity index (χ2n) is 4.11. The van der Waals surface area contributed by atoms with E-state index in [4.69, 9.17) is 11.6 Å². The summed E-state index contributed by atoms with van der Waals surface area (Å²) >= 11 is 5.63. The smallest absolute Gasteiger partial charge is 0.166 e. The zero-order chi connectivity index (χ0) is 11.5. The molecule has 0 aromatic heterocycles. The van der Waals surface area contributed by atoms with Crippen molar-refractivity contribution >= 4 is 17.4 Å². The van der Waals surface area contributed by atoms with Gasteiger partial charge in [-0.2, -0.15) is 0 Å². The van der Waals surface area contributed by atoms with Gasteiger partial charge in [0.25, 0.3) is 0 Å². The van der Waals surface area contributed by atoms with Crippen LogP contribution in [-0.4, -0.2) is 18.9 Å². The Hall–Kier alpha value is -0.930. The lowest BCUT2D eigenvalue weighted by Gasteiger charge is -2.07. The van der Waals surface area contributed by atoms with Crippen LogP contribution in [0.15, 0.2) is 18.2 Å². The van der Waals surface area contributed by atoms with Crippen LogP contribution in [0, 0.1) is 11.7 Å². The van der Waals surface area contributed by atoms with Gasteiger partial charge < -0.3 is 5.32 Å². The van der Waals surface area contributed by atoms with Gasteiger partial charge in [-0.1, -0.05) is 11.6 Å². The molecule has 1 aromatic carbocycles. The average Bonchev–Trinajstić information content (AvgIpc) is 2.70. The molecular weight excluding hydrogens is 229 g/mol. The van der Waals surface area contributed by atoms with Crippen LogP contribution in [0.5, 0.6) is 0 Å². The maximum atomic E-state index is 13.5. The van der Waals surface area contributed by atoms with E-state index >= 15 is 0 Å². The van der Waals surface area contributed by atoms with Crippen LogP contribution in [0.25, 0.3) is 0 Å². The molecule has 1 atom stereocenters. The maximum Gasteiger partial charge on any atom is 0.166 e. The van der Waals surface area contributed by atoms with Gasteiger partial charge in [-0.05, 0) is 43.6 Å². The maximum absolute atomic E-state index is 13.5. The Balaban J connectivity index is 2.08. The van der Waals surface area contributed by atoms with E-state index in [0.717, 1.165) is 19.5 Å². The summed E-state index contributed by atoms with van der Waals surface area (Å²) in [5, 5.41) is 3.50. The highest BCUT2D eigenvalue weighted by molar-refractivity contribution is 6.30. The van der Waals surface area contributed by atoms with Crippen molar-refractivity contribution in [1.82, 2.24) is 5.32 Å². The van der Waals surface area contributed by atoms with E-state index in [1.54, 1.807) is 6.07 Å². The van der Waals surface area contributed by atoms with E-state index in [9.17, 15) is 9.18 Å². The van der Waals surface area contributed by atoms with Crippen molar-refractivity contribution in [3.63, 3.8) is 0 Å². The molecule has 0 amide bonds. The van der Waals surface area contributed by atoms with E-state index in [1.807, 2.05) is 0 Å². The van der Waals surface area contributed by atoms with Gasteiger partial charge in [0.15, 0.2) is 5.78 Å². The normalized spacial score (nSPS) is 20.0. The first kappa shape index (κ1) is 11.6. The van der Waals surface area contributed by atoms with Gasteiger partial charge in [-0.25, -0.2) is 4.39 Å². The third-order valence-electron chi connectivity index (χ3n) is 2.87. The van der Waals surface area contributed by atoms with Gasteiger partial charge in [0.05, 0.1) is 5.56 Å². The van der Waals surface area contributed by atoms with Crippen LogP contribution in [0.3, 0.4) is 0 Å². The number of Topliss-reactive ketones (excluding diaryl/α,β-unsaturated/α-hetero) is 1. The second kappa shape index (κ2) is 4.93. The molecule has 16 heavy (non-hydrogen) atoms. The highest BCUT2D eigenvalue weighted by Crippen LogP contribution is 2.20. The SMILES string of the molecule is O=C(CC1CCNC1)c1ccc(Cl)cc1F. The Morgan fingerprint density at radius 2 is 2.38 bits per heavy atom. The summed E-state index contributed by atoms with van der Waals surface area (Å²) < 4.78 is 13.5. The third kappa shape index (κ3) is 2.60. The van der Waals surface area contributed by atoms with Gasteiger partial charge in [-0.15, -0.1) is 0 Å². The largest absolute Gasteiger partial charge is 0.316 e. The lowest BCUT2D eigenvalue weighted by molar-refractivity contribution is 0.0960. The molecule has 1 unspecified atom stereocenters. The molecule has 1 aliphatic heterocycles. The van der Waals surface area contributed by atoms with Crippen molar-refractivity contribution in [3.05, 3.63) is 34.6 Å². The predicted molar refractivity (Wildman–Crippen MR) is 61.3 cm³/mol. The summed E-state index contributed by atoms with van der Waals surface area (Å²) in [5.74, 6) is -0.325. The first-order valence-electron chi connectivity index (χ1n) is 5.36. The summed E-state index contributed by atoms with van der Waals surface area (Å²) in [5.41, 5.74) is 0.149. The van der Waals surface area contributed by atoms with Gasteiger partial charge in [0.2, 0.25) is 0 Å². The van der Waals surface area contributed by atoms with Gasteiger partial charge in [0.1, 0.15) is 5.82 Å². The highest BCUT2D eigenvalue weighted by Gasteiger charge is 2.20. The fraction of sp³-hybridized carbons (Fsp3) is 0.417. The number of rotatable bonds is 3. The van der Waals surface area contributed by atoms with Crippen molar-refractivity contribution in [1.29, 1.82) is 0 Å². The van der Waals surface area contributed by atoms with Crippen LogP contribution >= 0.6 is 11.6 Å². The minimum Gasteiger partial charge on any atom is -0.316 e. The summed E-state index contributed by atoms with van der Waals surface area (Å²) in [4.78, 5) is 11.8. The number of hydrogen-bond donors (Lipinski definition) is 1. The average molecular weight is 242 g/mol. The molecule has 1 heterocycles. The monoisotopic (exact) mass is 241 g/mol. The van der Waals surface area contributed by atoms with Crippen molar-refractivity contribution in [3.8, 4) is 0 Å². The van der Waals surface area contributed by atoms with E-state index in [0.29, 0.717) is 17.4 Å². The molecule has 1 saturated heterocycles. The number of carbonyl (C=O) groups is 1. The fourth-order valence-electron chi connectivity index (χ4n) is 1.98. The number of nitrogens with one attached hydrogen (secondary N) is 1. The molecule has 0 aliphatic carbocycles. The van der Waals surface area contributed by atoms with Crippen LogP contribution in [0.4, 0.5) is 4.39 Å². The first-order chi connectivity index (χ1) is 7.66. The van der Waals surface area contributed by atoms with Crippen LogP contribution in [-0.2, 0) is 0 Å². The minimum atomic E-state index is -0.525. The Labute approximate surface area is 98.8 Å². The van der Waals surface area contributed by atoms with E-state index < -0.39 is 5.82 Å². The highest BCUT2D eigenvalue weighted by atomic mass is 35.5. The van der Waals surface area contributed by atoms with E-state index in [1.165, 1.54) is 12.1 Å². The lowest BCUT2D eigenvalue weighted by atomic mass is 9.97. The van der Waals surface area contributed by atoms with Crippen molar-refractivity contribution in [2.45, 2.75) is 12.8 Å². The number of hydrogen-bond acceptors (Lipinski definition) is 2. The van der Waals surface area contributed by atoms with Crippen molar-refractivity contribution in [2.24, 2.45) is 5.92 Å². The minimum absolute atomic E-state index is 0.136. The summed E-state index contributed by atoms with van der Waals surface area (Å²) in [6.07, 6.45) is 1.40. The second-order valence-corrected chi connectivity index (χ2v) is 4.55. The van der Waals surface area contributed by atoms with Crippen molar-refractivity contribution < 1.29 is 9.18 Å². The molecule has 1 N–H and O–H groups in total. The molecule has 86 valence electrons. The predicted octanol–water partition coefficient (Wildman–Crippen LogP) is 2.66. The van der Waals surface area contributed by atoms with Gasteiger partial charge in [0, 0.05) is 11.4 Å². The zero-order valence-electron chi connectivity index (χ0n) is 8.80. The summed E-state index contributed by atoms with van der Waals surface area (Å²) in [7, 11) is 0. The summed E-state index contributed by atoms with van der Waals surface area (Å²) in [6.45, 7) is 1.79. The Morgan fingerprint density at radius 1 is 1.56 bits per heavy atom. The van der Waals surface area contributed by atoms with Crippen LogP contribution in [0.2, 0.25) is 5.02 Å². The van der Waals surface area contributed by atoms with E-state index in [-0.39, 0.29) is 11.3 Å². The molecule has 1 aromatic rings. The molecule has 0 bridgehead atoms. The molecular formula is C12H13ClFNO. The Morgan fingerprint density at radius 3 is 3.00 bits per heavy atom. The molecule has 0 saturated carbocycles. The molecule has 1 aliphatic rings. The molecule has 4 heteroatoms. The molecule has 0 spiro atoms. The van der Waals surface area contributed by atoms with Gasteiger partial charge in [-0.3, -0.25) is 4.79 Å². The van der Waals surface area contributed by atoms with Crippen LogP contribution < -0.4 is 5.32 Å². The third-order valence-corrected chi connectivity index (χ3v) is 3.10. The topological polar surface area (TPSA) is 29.1 Å². The van der Waals surface area contributed by atoms with Crippen molar-refractivity contribution in [2.75, 3.05) is 13.1 Å². The Kier molecular flexibility index (Phi) is 3.56. The molecule has 0 radical (unpaired) electrons. The number of benzene rings is 1. The first-order valence-corrected chi connectivity index (χ1v) is 5.73. The van der Waals surface area contributed by atoms with Gasteiger partial charge >= 0.3 is 0 Å². The number of halogens is 2. The standard InChI is InChI=1S/C12H13ClFNO/c13-9-1-2-10(11(14)6-9)12(16)5-8-3-4-15-7-8/h1-2,6,8,15H,3-5,7H2. The van der Waals surface area contributed by atoms with E-state index in [2.05, 4.69) is 5.32 Å². The zero-order valence-corrected chi connectivity index (χ0v) is 9.56. The molecule has 2 nitrogen and oxygen atoms in total. The Bertz CT molecular complexity index is 402.